The van der Waals surface area contributed by atoms with Crippen molar-refractivity contribution in [3.63, 3.8) is 0 Å². The second-order valence-corrected chi connectivity index (χ2v) is 5.45. The first-order valence-electron chi connectivity index (χ1n) is 5.22. The summed E-state index contributed by atoms with van der Waals surface area (Å²) in [6.07, 6.45) is 1.51. The lowest BCUT2D eigenvalue weighted by atomic mass is 10.3. The summed E-state index contributed by atoms with van der Waals surface area (Å²) in [6, 6.07) is 8.94. The molecular formula is C12H12N2O3S. The molecular weight excluding hydrogens is 252 g/mol. The number of phenols is 1. The average Bonchev–Trinajstić information content (AvgIpc) is 2.32. The minimum Gasteiger partial charge on any atom is -0.508 e. The van der Waals surface area contributed by atoms with Crippen molar-refractivity contribution in [1.29, 1.82) is 0 Å². The van der Waals surface area contributed by atoms with Gasteiger partial charge in [0, 0.05) is 12.3 Å². The van der Waals surface area contributed by atoms with E-state index in [9.17, 15) is 13.5 Å². The van der Waals surface area contributed by atoms with Crippen LogP contribution in [-0.4, -0.2) is 18.5 Å². The van der Waals surface area contributed by atoms with Gasteiger partial charge in [-0.3, -0.25) is 4.72 Å². The molecule has 6 heteroatoms. The molecule has 0 aliphatic carbocycles. The van der Waals surface area contributed by atoms with Crippen molar-refractivity contribution < 1.29 is 13.5 Å². The third-order valence-electron chi connectivity index (χ3n) is 2.37. The molecule has 0 aliphatic rings. The van der Waals surface area contributed by atoms with E-state index < -0.39 is 10.0 Å². The van der Waals surface area contributed by atoms with Gasteiger partial charge in [0.1, 0.15) is 11.6 Å². The second kappa shape index (κ2) is 4.66. The van der Waals surface area contributed by atoms with Crippen molar-refractivity contribution in [1.82, 2.24) is 4.98 Å². The van der Waals surface area contributed by atoms with E-state index in [1.807, 2.05) is 0 Å². The van der Waals surface area contributed by atoms with Gasteiger partial charge in [-0.05, 0) is 30.7 Å². The van der Waals surface area contributed by atoms with Gasteiger partial charge < -0.3 is 5.11 Å². The Morgan fingerprint density at radius 1 is 1.22 bits per heavy atom. The molecule has 0 bridgehead atoms. The molecule has 0 saturated heterocycles. The van der Waals surface area contributed by atoms with E-state index in [0.717, 1.165) is 5.56 Å². The number of aromatic hydroxyl groups is 1. The number of phenolic OH excluding ortho intramolecular Hbond substituents is 1. The van der Waals surface area contributed by atoms with Gasteiger partial charge in [-0.2, -0.15) is 0 Å². The van der Waals surface area contributed by atoms with E-state index in [2.05, 4.69) is 9.71 Å². The summed E-state index contributed by atoms with van der Waals surface area (Å²) >= 11 is 0. The Morgan fingerprint density at radius 3 is 2.67 bits per heavy atom. The molecule has 2 N–H and O–H groups in total. The van der Waals surface area contributed by atoms with Gasteiger partial charge in [0.15, 0.2) is 0 Å². The summed E-state index contributed by atoms with van der Waals surface area (Å²) in [7, 11) is -3.73. The van der Waals surface area contributed by atoms with Crippen LogP contribution in [0.2, 0.25) is 0 Å². The maximum Gasteiger partial charge on any atom is 0.263 e. The highest BCUT2D eigenvalue weighted by Gasteiger charge is 2.16. The summed E-state index contributed by atoms with van der Waals surface area (Å²) in [5, 5.41) is 9.29. The fourth-order valence-corrected chi connectivity index (χ4v) is 2.55. The van der Waals surface area contributed by atoms with E-state index >= 15 is 0 Å². The minimum atomic E-state index is -3.73. The van der Waals surface area contributed by atoms with E-state index in [0.29, 0.717) is 0 Å². The van der Waals surface area contributed by atoms with E-state index in [1.54, 1.807) is 19.1 Å². The number of aryl methyl sites for hydroxylation is 1. The Kier molecular flexibility index (Phi) is 3.20. The van der Waals surface area contributed by atoms with Crippen molar-refractivity contribution in [3.8, 4) is 5.75 Å². The second-order valence-electron chi connectivity index (χ2n) is 3.77. The van der Waals surface area contributed by atoms with Crippen molar-refractivity contribution >= 4 is 15.8 Å². The standard InChI is InChI=1S/C12H12N2O3S/c1-9-4-3-7-13-12(9)14-18(16,17)11-6-2-5-10(15)8-11/h2-8,15H,1H3,(H,13,14). The zero-order valence-corrected chi connectivity index (χ0v) is 10.5. The summed E-state index contributed by atoms with van der Waals surface area (Å²) in [6.45, 7) is 1.76. The van der Waals surface area contributed by atoms with E-state index in [-0.39, 0.29) is 16.5 Å². The van der Waals surface area contributed by atoms with Gasteiger partial charge in [0.05, 0.1) is 4.90 Å². The molecule has 18 heavy (non-hydrogen) atoms. The number of hydrogen-bond acceptors (Lipinski definition) is 4. The molecule has 0 atom stereocenters. The SMILES string of the molecule is Cc1cccnc1NS(=O)(=O)c1cccc(O)c1. The van der Waals surface area contributed by atoms with Crippen LogP contribution < -0.4 is 4.72 Å². The van der Waals surface area contributed by atoms with E-state index in [1.165, 1.54) is 30.5 Å². The maximum atomic E-state index is 12.0. The number of benzene rings is 1. The Balaban J connectivity index is 2.37. The molecule has 5 nitrogen and oxygen atoms in total. The lowest BCUT2D eigenvalue weighted by Gasteiger charge is -2.09. The number of rotatable bonds is 3. The highest BCUT2D eigenvalue weighted by molar-refractivity contribution is 7.92. The van der Waals surface area contributed by atoms with Crippen molar-refractivity contribution in [2.45, 2.75) is 11.8 Å². The molecule has 0 radical (unpaired) electrons. The number of nitrogens with zero attached hydrogens (tertiary/aromatic N) is 1. The van der Waals surface area contributed by atoms with Crippen molar-refractivity contribution in [2.24, 2.45) is 0 Å². The molecule has 0 fully saturated rings. The fourth-order valence-electron chi connectivity index (χ4n) is 1.43. The van der Waals surface area contributed by atoms with Crippen LogP contribution in [0.15, 0.2) is 47.5 Å². The summed E-state index contributed by atoms with van der Waals surface area (Å²) in [5.74, 6) is 0.177. The van der Waals surface area contributed by atoms with Crippen LogP contribution in [0.4, 0.5) is 5.82 Å². The van der Waals surface area contributed by atoms with Crippen LogP contribution in [0.25, 0.3) is 0 Å². The topological polar surface area (TPSA) is 79.3 Å². The maximum absolute atomic E-state index is 12.0. The molecule has 2 aromatic rings. The van der Waals surface area contributed by atoms with Gasteiger partial charge >= 0.3 is 0 Å². The molecule has 94 valence electrons. The number of hydrogen-bond donors (Lipinski definition) is 2. The van der Waals surface area contributed by atoms with Gasteiger partial charge in [0.25, 0.3) is 10.0 Å². The predicted molar refractivity (Wildman–Crippen MR) is 67.9 cm³/mol. The van der Waals surface area contributed by atoms with Crippen LogP contribution in [0.1, 0.15) is 5.56 Å². The molecule has 0 spiro atoms. The third-order valence-corrected chi connectivity index (χ3v) is 3.71. The zero-order valence-electron chi connectivity index (χ0n) is 9.66. The summed E-state index contributed by atoms with van der Waals surface area (Å²) in [4.78, 5) is 3.95. The smallest absolute Gasteiger partial charge is 0.263 e. The molecule has 0 amide bonds. The Morgan fingerprint density at radius 2 is 2.00 bits per heavy atom. The number of pyridine rings is 1. The average molecular weight is 264 g/mol. The number of anilines is 1. The number of aromatic nitrogens is 1. The highest BCUT2D eigenvalue weighted by Crippen LogP contribution is 2.19. The van der Waals surface area contributed by atoms with Crippen LogP contribution in [0, 0.1) is 6.92 Å². The minimum absolute atomic E-state index is 0.00690. The van der Waals surface area contributed by atoms with Gasteiger partial charge in [-0.15, -0.1) is 0 Å². The molecule has 0 saturated carbocycles. The largest absolute Gasteiger partial charge is 0.508 e. The van der Waals surface area contributed by atoms with Crippen LogP contribution in [0.3, 0.4) is 0 Å². The van der Waals surface area contributed by atoms with Gasteiger partial charge in [-0.1, -0.05) is 12.1 Å². The molecule has 0 aliphatic heterocycles. The molecule has 0 unspecified atom stereocenters. The van der Waals surface area contributed by atoms with Gasteiger partial charge in [-0.25, -0.2) is 13.4 Å². The Labute approximate surface area is 105 Å². The van der Waals surface area contributed by atoms with Gasteiger partial charge in [0.2, 0.25) is 0 Å². The van der Waals surface area contributed by atoms with Crippen molar-refractivity contribution in [3.05, 3.63) is 48.2 Å². The third kappa shape index (κ3) is 2.60. The van der Waals surface area contributed by atoms with Crippen LogP contribution in [-0.2, 0) is 10.0 Å². The van der Waals surface area contributed by atoms with Crippen LogP contribution >= 0.6 is 0 Å². The lowest BCUT2D eigenvalue weighted by Crippen LogP contribution is -2.14. The number of nitrogens with one attached hydrogen (secondary N) is 1. The summed E-state index contributed by atoms with van der Waals surface area (Å²) in [5.41, 5.74) is 0.723. The quantitative estimate of drug-likeness (QED) is 0.887. The molecule has 1 aromatic carbocycles. The Bertz CT molecular complexity index is 669. The predicted octanol–water partition coefficient (Wildman–Crippen LogP) is 1.90. The normalized spacial score (nSPS) is 11.2. The highest BCUT2D eigenvalue weighted by atomic mass is 32.2. The first-order chi connectivity index (χ1) is 8.49. The van der Waals surface area contributed by atoms with Crippen molar-refractivity contribution in [2.75, 3.05) is 4.72 Å². The van der Waals surface area contributed by atoms with E-state index in [4.69, 9.17) is 0 Å². The molecule has 2 rings (SSSR count). The summed E-state index contributed by atoms with van der Waals surface area (Å²) < 4.78 is 26.5. The molecule has 1 aromatic heterocycles. The number of sulfonamides is 1. The molecule has 1 heterocycles. The Hall–Kier alpha value is -2.08. The first kappa shape index (κ1) is 12.4. The monoisotopic (exact) mass is 264 g/mol. The first-order valence-corrected chi connectivity index (χ1v) is 6.71. The zero-order chi connectivity index (χ0) is 13.2. The fraction of sp³-hybridized carbons (Fsp3) is 0.0833. The lowest BCUT2D eigenvalue weighted by molar-refractivity contribution is 0.473. The van der Waals surface area contributed by atoms with Crippen LogP contribution in [0.5, 0.6) is 5.75 Å².